The summed E-state index contributed by atoms with van der Waals surface area (Å²) in [6.45, 7) is 1.42. The first-order chi connectivity index (χ1) is 18.8. The van der Waals surface area contributed by atoms with Gasteiger partial charge < -0.3 is 19.7 Å². The second-order valence-electron chi connectivity index (χ2n) is 9.21. The molecule has 0 unspecified atom stereocenters. The number of nitrogens with zero attached hydrogens (tertiary/aromatic N) is 5. The van der Waals surface area contributed by atoms with Gasteiger partial charge in [0.05, 0.1) is 28.0 Å². The Morgan fingerprint density at radius 2 is 1.92 bits per heavy atom. The lowest BCUT2D eigenvalue weighted by Gasteiger charge is -2.44. The van der Waals surface area contributed by atoms with Gasteiger partial charge >= 0.3 is 5.97 Å². The summed E-state index contributed by atoms with van der Waals surface area (Å²) in [7, 11) is 0. The van der Waals surface area contributed by atoms with Crippen LogP contribution in [0.25, 0.3) is 0 Å². The van der Waals surface area contributed by atoms with E-state index in [-0.39, 0.29) is 31.0 Å². The van der Waals surface area contributed by atoms with Crippen molar-refractivity contribution in [3.05, 3.63) is 82.7 Å². The molecule has 14 heteroatoms. The predicted molar refractivity (Wildman–Crippen MR) is 137 cm³/mol. The van der Waals surface area contributed by atoms with Crippen LogP contribution >= 0.6 is 11.8 Å². The van der Waals surface area contributed by atoms with Crippen LogP contribution in [0.4, 0.5) is 5.69 Å². The molecule has 2 aliphatic rings. The highest BCUT2D eigenvalue weighted by molar-refractivity contribution is 8.01. The molecule has 0 aliphatic carbocycles. The number of rotatable bonds is 10. The summed E-state index contributed by atoms with van der Waals surface area (Å²) >= 11 is 1.35. The van der Waals surface area contributed by atoms with Gasteiger partial charge in [-0.05, 0) is 25.1 Å². The van der Waals surface area contributed by atoms with E-state index in [1.54, 1.807) is 48.1 Å². The number of thioether (sulfide) groups is 1. The number of carbonyl (C=O) groups excluding carboxylic acids is 3. The molecule has 13 nitrogen and oxygen atoms in total. The molecule has 202 valence electrons. The van der Waals surface area contributed by atoms with Crippen LogP contribution in [0.2, 0.25) is 0 Å². The lowest BCUT2D eigenvalue weighted by atomic mass is 9.94. The Balaban J connectivity index is 1.30. The van der Waals surface area contributed by atoms with Crippen molar-refractivity contribution in [2.24, 2.45) is 0 Å². The highest BCUT2D eigenvalue weighted by Gasteiger charge is 2.66. The van der Waals surface area contributed by atoms with Gasteiger partial charge in [-0.15, -0.1) is 16.9 Å². The number of nitrogens with one attached hydrogen (secondary N) is 1. The molecule has 0 saturated carbocycles. The second kappa shape index (κ2) is 10.7. The number of aromatic nitrogens is 3. The van der Waals surface area contributed by atoms with E-state index < -0.39 is 44.9 Å². The summed E-state index contributed by atoms with van der Waals surface area (Å²) in [5.74, 6) is -1.10. The molecule has 4 atom stereocenters. The summed E-state index contributed by atoms with van der Waals surface area (Å²) in [6, 6.07) is 12.9. The molecule has 3 aromatic rings. The van der Waals surface area contributed by atoms with Crippen LogP contribution in [0.3, 0.4) is 0 Å². The molecule has 2 fully saturated rings. The fraction of sp³-hybridized carbons (Fsp3) is 0.320. The van der Waals surface area contributed by atoms with Crippen LogP contribution < -0.4 is 10.1 Å². The summed E-state index contributed by atoms with van der Waals surface area (Å²) < 4.78 is 11.6. The number of para-hydroxylation sites is 2. The fourth-order valence-corrected chi connectivity index (χ4v) is 6.45. The van der Waals surface area contributed by atoms with Crippen molar-refractivity contribution in [3.8, 4) is 5.75 Å². The Morgan fingerprint density at radius 1 is 1.18 bits per heavy atom. The molecule has 0 radical (unpaired) electrons. The number of β-lactam (4-membered cyclic amide) rings is 1. The van der Waals surface area contributed by atoms with Crippen molar-refractivity contribution in [2.45, 2.75) is 42.3 Å². The second-order valence-corrected chi connectivity index (χ2v) is 10.9. The van der Waals surface area contributed by atoms with Gasteiger partial charge in [0.2, 0.25) is 5.91 Å². The molecule has 0 bridgehead atoms. The van der Waals surface area contributed by atoms with Crippen molar-refractivity contribution in [3.63, 3.8) is 0 Å². The predicted octanol–water partition coefficient (Wildman–Crippen LogP) is 1.54. The Kier molecular flexibility index (Phi) is 7.19. The third kappa shape index (κ3) is 5.27. The molecule has 39 heavy (non-hydrogen) atoms. The molecular weight excluding hydrogens is 528 g/mol. The summed E-state index contributed by atoms with van der Waals surface area (Å²) in [5, 5.41) is 21.3. The topological polar surface area (TPSA) is 159 Å². The number of hydrogen-bond donors (Lipinski definition) is 1. The van der Waals surface area contributed by atoms with Gasteiger partial charge in [-0.25, -0.2) is 4.79 Å². The smallest absolute Gasteiger partial charge is 0.330 e. The zero-order valence-electron chi connectivity index (χ0n) is 20.7. The fourth-order valence-electron chi connectivity index (χ4n) is 4.70. The van der Waals surface area contributed by atoms with Crippen molar-refractivity contribution < 1.29 is 28.8 Å². The number of hydrogen-bond acceptors (Lipinski definition) is 10. The Bertz CT molecular complexity index is 1390. The van der Waals surface area contributed by atoms with E-state index in [9.17, 15) is 24.5 Å². The monoisotopic (exact) mass is 552 g/mol. The Hall–Kier alpha value is -4.46. The molecule has 5 rings (SSSR count). The lowest BCUT2D eigenvalue weighted by Crippen LogP contribution is -2.71. The van der Waals surface area contributed by atoms with Crippen LogP contribution in [0.1, 0.15) is 12.5 Å². The van der Waals surface area contributed by atoms with Gasteiger partial charge in [0.1, 0.15) is 29.8 Å². The molecule has 2 aromatic carbocycles. The maximum atomic E-state index is 13.4. The first kappa shape index (κ1) is 26.2. The van der Waals surface area contributed by atoms with E-state index in [0.717, 1.165) is 0 Å². The van der Waals surface area contributed by atoms with Crippen LogP contribution in [0, 0.1) is 10.1 Å². The summed E-state index contributed by atoms with van der Waals surface area (Å²) in [4.78, 5) is 51.4. The number of fused-ring (bicyclic) bond motifs is 1. The molecule has 2 amide bonds. The van der Waals surface area contributed by atoms with E-state index >= 15 is 0 Å². The van der Waals surface area contributed by atoms with Crippen molar-refractivity contribution in [1.29, 1.82) is 0 Å². The SMILES string of the molecule is C[C@@]1(Cn2ccnn2)S[C@@H]2[C@H](NC(=O)COc3ccccc3)C(=O)N2[C@H]1C(=O)OCc1ccccc1[N+](=O)[O-]. The van der Waals surface area contributed by atoms with Gasteiger partial charge in [-0.2, -0.15) is 0 Å². The van der Waals surface area contributed by atoms with E-state index in [2.05, 4.69) is 15.6 Å². The van der Waals surface area contributed by atoms with Crippen LogP contribution in [0.15, 0.2) is 67.0 Å². The average molecular weight is 553 g/mol. The molecular formula is C25H24N6O7S. The zero-order chi connectivity index (χ0) is 27.6. The number of carbonyl (C=O) groups is 3. The average Bonchev–Trinajstić information content (AvgIpc) is 3.54. The van der Waals surface area contributed by atoms with Crippen molar-refractivity contribution in [2.75, 3.05) is 6.61 Å². The van der Waals surface area contributed by atoms with Gasteiger partial charge in [-0.1, -0.05) is 35.5 Å². The number of nitro groups is 1. The maximum absolute atomic E-state index is 13.4. The number of benzene rings is 2. The summed E-state index contributed by atoms with van der Waals surface area (Å²) in [5.41, 5.74) is 0.0596. The zero-order valence-corrected chi connectivity index (χ0v) is 21.5. The highest BCUT2D eigenvalue weighted by Crippen LogP contribution is 2.52. The van der Waals surface area contributed by atoms with E-state index in [1.807, 2.05) is 6.07 Å². The molecule has 0 spiro atoms. The van der Waals surface area contributed by atoms with Gasteiger partial charge in [-0.3, -0.25) is 24.4 Å². The number of amides is 2. The van der Waals surface area contributed by atoms with E-state index in [4.69, 9.17) is 9.47 Å². The van der Waals surface area contributed by atoms with Crippen LogP contribution in [0.5, 0.6) is 5.75 Å². The van der Waals surface area contributed by atoms with Crippen molar-refractivity contribution in [1.82, 2.24) is 25.2 Å². The third-order valence-electron chi connectivity index (χ3n) is 6.49. The number of nitro benzene ring substituents is 1. The molecule has 2 saturated heterocycles. The molecule has 2 aliphatic heterocycles. The minimum absolute atomic E-state index is 0.171. The molecule has 3 heterocycles. The standard InChI is InChI=1S/C25H24N6O7S/c1-25(15-29-12-11-26-28-29)21(24(34)38-13-16-7-5-6-10-18(16)31(35)36)30-22(33)20(23(30)39-25)27-19(32)14-37-17-8-3-2-4-9-17/h2-12,20-21,23H,13-15H2,1H3,(H,27,32)/t20-,21+,23-,25+/m1/s1. The van der Waals surface area contributed by atoms with Crippen molar-refractivity contribution >= 4 is 35.2 Å². The Morgan fingerprint density at radius 3 is 2.64 bits per heavy atom. The van der Waals surface area contributed by atoms with Gasteiger partial charge in [0.15, 0.2) is 6.61 Å². The number of ether oxygens (including phenoxy) is 2. The maximum Gasteiger partial charge on any atom is 0.330 e. The number of esters is 1. The lowest BCUT2D eigenvalue weighted by molar-refractivity contribution is -0.385. The summed E-state index contributed by atoms with van der Waals surface area (Å²) in [6.07, 6.45) is 3.14. The minimum atomic E-state index is -1.03. The Labute approximate surface area is 226 Å². The van der Waals surface area contributed by atoms with E-state index in [0.29, 0.717) is 5.75 Å². The molecule has 1 N–H and O–H groups in total. The van der Waals surface area contributed by atoms with Gasteiger partial charge in [0.25, 0.3) is 11.6 Å². The third-order valence-corrected chi connectivity index (χ3v) is 8.12. The first-order valence-corrected chi connectivity index (χ1v) is 12.8. The normalized spacial score (nSPS) is 23.5. The van der Waals surface area contributed by atoms with Crippen LogP contribution in [-0.4, -0.2) is 71.4 Å². The highest BCUT2D eigenvalue weighted by atomic mass is 32.2. The first-order valence-electron chi connectivity index (χ1n) is 12.0. The van der Waals surface area contributed by atoms with E-state index in [1.165, 1.54) is 41.1 Å². The van der Waals surface area contributed by atoms with Crippen LogP contribution in [-0.2, 0) is 32.3 Å². The van der Waals surface area contributed by atoms with Gasteiger partial charge in [0, 0.05) is 12.3 Å². The molecule has 1 aromatic heterocycles. The quantitative estimate of drug-likeness (QED) is 0.169. The minimum Gasteiger partial charge on any atom is -0.484 e. The largest absolute Gasteiger partial charge is 0.484 e.